The van der Waals surface area contributed by atoms with Crippen LogP contribution < -0.4 is 4.99 Å². The van der Waals surface area contributed by atoms with Crippen molar-refractivity contribution in [3.8, 4) is 0 Å². The maximum atomic E-state index is 4.58. The summed E-state index contributed by atoms with van der Waals surface area (Å²) in [5.41, 5.74) is 0. The van der Waals surface area contributed by atoms with Crippen molar-refractivity contribution in [3.63, 3.8) is 0 Å². The van der Waals surface area contributed by atoms with Gasteiger partial charge in [0.25, 0.3) is 0 Å². The third-order valence-electron chi connectivity index (χ3n) is 0.473. The molecule has 1 heterocycles. The largest absolute Gasteiger partial charge is 0.390 e. The van der Waals surface area contributed by atoms with Gasteiger partial charge in [0.2, 0.25) is 0 Å². The first-order chi connectivity index (χ1) is 2.89. The Morgan fingerprint density at radius 2 is 2.67 bits per heavy atom. The SMILES string of the molecule is S=C1N=CC=[NH+]1. The summed E-state index contributed by atoms with van der Waals surface area (Å²) in [6.45, 7) is 0. The summed E-state index contributed by atoms with van der Waals surface area (Å²) < 4.78 is 0. The summed E-state index contributed by atoms with van der Waals surface area (Å²) in [6, 6.07) is 0. The predicted octanol–water partition coefficient (Wildman–Crippen LogP) is -1.49. The summed E-state index contributed by atoms with van der Waals surface area (Å²) in [4.78, 5) is 6.38. The van der Waals surface area contributed by atoms with Crippen LogP contribution in [-0.2, 0) is 0 Å². The Hall–Kier alpha value is -0.570. The van der Waals surface area contributed by atoms with E-state index < -0.39 is 0 Å². The highest BCUT2D eigenvalue weighted by Crippen LogP contribution is 1.62. The van der Waals surface area contributed by atoms with Crippen LogP contribution in [0.15, 0.2) is 4.99 Å². The quantitative estimate of drug-likeness (QED) is 0.368. The van der Waals surface area contributed by atoms with E-state index in [1.54, 1.807) is 12.4 Å². The first-order valence-corrected chi connectivity index (χ1v) is 1.97. The van der Waals surface area contributed by atoms with Crippen molar-refractivity contribution in [1.82, 2.24) is 0 Å². The smallest absolute Gasteiger partial charge is 0.230 e. The maximum Gasteiger partial charge on any atom is 0.390 e. The molecule has 0 aromatic carbocycles. The maximum absolute atomic E-state index is 4.58. The van der Waals surface area contributed by atoms with Crippen molar-refractivity contribution >= 4 is 29.8 Å². The van der Waals surface area contributed by atoms with Gasteiger partial charge in [-0.3, -0.25) is 0 Å². The normalized spacial score (nSPS) is 17.0. The molecular formula is C3H3N2S+. The third-order valence-corrected chi connectivity index (χ3v) is 0.696. The molecule has 0 unspecified atom stereocenters. The van der Waals surface area contributed by atoms with Crippen LogP contribution in [0, 0.1) is 0 Å². The molecule has 0 saturated carbocycles. The first kappa shape index (κ1) is 3.61. The van der Waals surface area contributed by atoms with Crippen molar-refractivity contribution in [1.29, 1.82) is 0 Å². The number of thiocarbonyl (C=S) groups is 1. The van der Waals surface area contributed by atoms with Gasteiger partial charge >= 0.3 is 5.11 Å². The van der Waals surface area contributed by atoms with Crippen molar-refractivity contribution in [3.05, 3.63) is 0 Å². The first-order valence-electron chi connectivity index (χ1n) is 1.56. The summed E-state index contributed by atoms with van der Waals surface area (Å²) in [6.07, 6.45) is 3.32. The fraction of sp³-hybridized carbons (Fsp3) is 0. The molecule has 0 radical (unpaired) electrons. The van der Waals surface area contributed by atoms with Gasteiger partial charge in [-0.25, -0.2) is 4.99 Å². The number of nitrogens with zero attached hydrogens (tertiary/aromatic N) is 1. The van der Waals surface area contributed by atoms with E-state index in [1.165, 1.54) is 0 Å². The van der Waals surface area contributed by atoms with Gasteiger partial charge in [-0.15, -0.1) is 0 Å². The zero-order chi connectivity index (χ0) is 4.41. The third kappa shape index (κ3) is 0.490. The molecule has 1 rings (SSSR count). The van der Waals surface area contributed by atoms with Gasteiger partial charge < -0.3 is 0 Å². The molecule has 30 valence electrons. The molecule has 0 aromatic rings. The monoisotopic (exact) mass is 99.0 g/mol. The second-order valence-corrected chi connectivity index (χ2v) is 1.28. The molecule has 1 N–H and O–H groups in total. The number of rotatable bonds is 0. The molecule has 0 fully saturated rings. The van der Waals surface area contributed by atoms with Crippen molar-refractivity contribution in [2.24, 2.45) is 4.99 Å². The van der Waals surface area contributed by atoms with E-state index in [9.17, 15) is 0 Å². The Kier molecular flexibility index (Phi) is 0.759. The minimum Gasteiger partial charge on any atom is -0.230 e. The Balaban J connectivity index is 2.86. The van der Waals surface area contributed by atoms with E-state index in [-0.39, 0.29) is 0 Å². The summed E-state index contributed by atoms with van der Waals surface area (Å²) in [5.74, 6) is 0. The van der Waals surface area contributed by atoms with E-state index in [2.05, 4.69) is 22.2 Å². The van der Waals surface area contributed by atoms with Gasteiger partial charge in [0.15, 0.2) is 6.21 Å². The molecule has 0 saturated heterocycles. The van der Waals surface area contributed by atoms with Crippen LogP contribution in [0.4, 0.5) is 0 Å². The minimum absolute atomic E-state index is 0.551. The molecular weight excluding hydrogens is 96.1 g/mol. The van der Waals surface area contributed by atoms with Gasteiger partial charge in [-0.05, 0) is 4.99 Å². The molecule has 0 spiro atoms. The average molecular weight is 99.1 g/mol. The number of aliphatic imine (C=N–C) groups is 1. The predicted molar refractivity (Wildman–Crippen MR) is 28.1 cm³/mol. The second-order valence-electron chi connectivity index (χ2n) is 0.894. The summed E-state index contributed by atoms with van der Waals surface area (Å²) in [5, 5.41) is 0.551. The van der Waals surface area contributed by atoms with Crippen LogP contribution in [0.3, 0.4) is 0 Å². The molecule has 0 aliphatic carbocycles. The van der Waals surface area contributed by atoms with Crippen LogP contribution >= 0.6 is 12.2 Å². The van der Waals surface area contributed by atoms with Gasteiger partial charge in [-0.2, -0.15) is 0 Å². The highest BCUT2D eigenvalue weighted by Gasteiger charge is 1.98. The van der Waals surface area contributed by atoms with Crippen LogP contribution in [0.2, 0.25) is 0 Å². The molecule has 1 aliphatic heterocycles. The topological polar surface area (TPSA) is 26.3 Å². The Morgan fingerprint density at radius 1 is 1.83 bits per heavy atom. The Labute approximate surface area is 40.6 Å². The van der Waals surface area contributed by atoms with Gasteiger partial charge in [0.05, 0.1) is 0 Å². The zero-order valence-electron chi connectivity index (χ0n) is 3.01. The van der Waals surface area contributed by atoms with E-state index in [4.69, 9.17) is 0 Å². The highest BCUT2D eigenvalue weighted by atomic mass is 32.1. The Bertz CT molecular complexity index is 111. The van der Waals surface area contributed by atoms with Crippen molar-refractivity contribution in [2.45, 2.75) is 0 Å². The van der Waals surface area contributed by atoms with E-state index in [0.717, 1.165) is 0 Å². The zero-order valence-corrected chi connectivity index (χ0v) is 3.83. The number of hydrogen-bond acceptors (Lipinski definition) is 1. The molecule has 0 bridgehead atoms. The highest BCUT2D eigenvalue weighted by molar-refractivity contribution is 7.79. The molecule has 6 heavy (non-hydrogen) atoms. The molecule has 0 aromatic heterocycles. The van der Waals surface area contributed by atoms with Gasteiger partial charge in [0.1, 0.15) is 6.21 Å². The number of nitrogens with one attached hydrogen (secondary N) is 1. The van der Waals surface area contributed by atoms with Crippen molar-refractivity contribution in [2.75, 3.05) is 0 Å². The van der Waals surface area contributed by atoms with Crippen LogP contribution in [0.1, 0.15) is 0 Å². The second kappa shape index (κ2) is 1.26. The van der Waals surface area contributed by atoms with Crippen LogP contribution in [-0.4, -0.2) is 17.5 Å². The molecule has 0 amide bonds. The fourth-order valence-corrected chi connectivity index (χ4v) is 0.380. The molecule has 3 heteroatoms. The van der Waals surface area contributed by atoms with E-state index in [0.29, 0.717) is 5.11 Å². The summed E-state index contributed by atoms with van der Waals surface area (Å²) >= 11 is 4.58. The van der Waals surface area contributed by atoms with Gasteiger partial charge in [0, 0.05) is 12.2 Å². The fourth-order valence-electron chi connectivity index (χ4n) is 0.251. The van der Waals surface area contributed by atoms with Crippen LogP contribution in [0.5, 0.6) is 0 Å². The molecule has 1 aliphatic rings. The van der Waals surface area contributed by atoms with Crippen molar-refractivity contribution < 1.29 is 4.99 Å². The summed E-state index contributed by atoms with van der Waals surface area (Å²) in [7, 11) is 0. The Morgan fingerprint density at radius 3 is 2.83 bits per heavy atom. The van der Waals surface area contributed by atoms with Crippen LogP contribution in [0.25, 0.3) is 0 Å². The van der Waals surface area contributed by atoms with Gasteiger partial charge in [-0.1, -0.05) is 0 Å². The lowest BCUT2D eigenvalue weighted by atomic mass is 10.9. The lowest BCUT2D eigenvalue weighted by molar-refractivity contribution is -0.300. The standard InChI is InChI=1S/C3H2N2S/c6-3-4-1-2-5-3/h1-2H/p+1. The number of hydrogen-bond donors (Lipinski definition) is 1. The van der Waals surface area contributed by atoms with E-state index in [1.807, 2.05) is 0 Å². The average Bonchev–Trinajstić information content (AvgIpc) is 1.86. The minimum atomic E-state index is 0.551. The lowest BCUT2D eigenvalue weighted by Crippen LogP contribution is -2.69. The van der Waals surface area contributed by atoms with E-state index >= 15 is 0 Å². The molecule has 0 atom stereocenters. The molecule has 2 nitrogen and oxygen atoms in total. The lowest BCUT2D eigenvalue weighted by Gasteiger charge is -1.56.